The molecule has 102 valence electrons. The van der Waals surface area contributed by atoms with Gasteiger partial charge in [0.05, 0.1) is 13.2 Å². The molecule has 0 saturated heterocycles. The van der Waals surface area contributed by atoms with E-state index in [0.717, 1.165) is 22.5 Å². The molecule has 3 aromatic rings. The second kappa shape index (κ2) is 5.06. The van der Waals surface area contributed by atoms with Crippen LogP contribution >= 0.6 is 0 Å². The topological polar surface area (TPSA) is 25.2 Å². The fraction of sp³-hybridized carbons (Fsp3) is 0.125. The third-order valence-electron chi connectivity index (χ3n) is 3.41. The van der Waals surface area contributed by atoms with Gasteiger partial charge in [0, 0.05) is 28.2 Å². The lowest BCUT2D eigenvalue weighted by molar-refractivity contribution is 0.283. The van der Waals surface area contributed by atoms with E-state index in [1.165, 1.54) is 6.07 Å². The Bertz CT molecular complexity index is 764. The molecular weight excluding hydrogens is 260 g/mol. The second-order valence-electron chi connectivity index (χ2n) is 4.67. The molecule has 4 heteroatoms. The molecular formula is C16H13F2NO. The van der Waals surface area contributed by atoms with Gasteiger partial charge in [-0.15, -0.1) is 0 Å². The molecule has 0 spiro atoms. The molecule has 0 aliphatic carbocycles. The van der Waals surface area contributed by atoms with Crippen molar-refractivity contribution in [3.63, 3.8) is 0 Å². The summed E-state index contributed by atoms with van der Waals surface area (Å²) < 4.78 is 28.8. The van der Waals surface area contributed by atoms with Crippen molar-refractivity contribution in [3.05, 3.63) is 71.4 Å². The van der Waals surface area contributed by atoms with E-state index in [1.807, 2.05) is 28.8 Å². The smallest absolute Gasteiger partial charge is 0.163 e. The van der Waals surface area contributed by atoms with E-state index in [1.54, 1.807) is 12.3 Å². The lowest BCUT2D eigenvalue weighted by Gasteiger charge is -2.07. The summed E-state index contributed by atoms with van der Waals surface area (Å²) in [5.41, 5.74) is 1.95. The number of hydrogen-bond donors (Lipinski definition) is 1. The van der Waals surface area contributed by atoms with E-state index in [-0.39, 0.29) is 18.7 Å². The van der Waals surface area contributed by atoms with Gasteiger partial charge in [-0.3, -0.25) is 0 Å². The van der Waals surface area contributed by atoms with E-state index in [2.05, 4.69) is 0 Å². The summed E-state index contributed by atoms with van der Waals surface area (Å²) in [4.78, 5) is 0. The third-order valence-corrected chi connectivity index (χ3v) is 3.41. The van der Waals surface area contributed by atoms with E-state index in [4.69, 9.17) is 0 Å². The van der Waals surface area contributed by atoms with Crippen molar-refractivity contribution in [2.45, 2.75) is 13.2 Å². The first-order chi connectivity index (χ1) is 9.70. The van der Waals surface area contributed by atoms with Gasteiger partial charge in [0.2, 0.25) is 0 Å². The lowest BCUT2D eigenvalue weighted by Crippen LogP contribution is -2.02. The minimum atomic E-state index is -0.846. The zero-order chi connectivity index (χ0) is 14.1. The first-order valence-corrected chi connectivity index (χ1v) is 6.31. The van der Waals surface area contributed by atoms with Crippen LogP contribution in [0.2, 0.25) is 0 Å². The Labute approximate surface area is 114 Å². The van der Waals surface area contributed by atoms with Gasteiger partial charge >= 0.3 is 0 Å². The maximum absolute atomic E-state index is 13.7. The molecule has 0 atom stereocenters. The van der Waals surface area contributed by atoms with Crippen LogP contribution in [0, 0.1) is 11.6 Å². The predicted octanol–water partition coefficient (Wildman–Crippen LogP) is 3.46. The fourth-order valence-electron chi connectivity index (χ4n) is 2.43. The van der Waals surface area contributed by atoms with Gasteiger partial charge in [-0.05, 0) is 12.1 Å². The molecule has 2 nitrogen and oxygen atoms in total. The average Bonchev–Trinajstić information content (AvgIpc) is 2.82. The number of fused-ring (bicyclic) bond motifs is 1. The Kier molecular flexibility index (Phi) is 3.24. The summed E-state index contributed by atoms with van der Waals surface area (Å²) in [6.45, 7) is 0.142. The van der Waals surface area contributed by atoms with Gasteiger partial charge in [-0.2, -0.15) is 0 Å². The van der Waals surface area contributed by atoms with Crippen LogP contribution < -0.4 is 0 Å². The van der Waals surface area contributed by atoms with Gasteiger partial charge in [-0.1, -0.05) is 30.3 Å². The van der Waals surface area contributed by atoms with Crippen LogP contribution in [0.25, 0.3) is 10.9 Å². The van der Waals surface area contributed by atoms with Crippen LogP contribution in [0.4, 0.5) is 8.78 Å². The number of hydrogen-bond acceptors (Lipinski definition) is 1. The maximum Gasteiger partial charge on any atom is 0.163 e. The molecule has 0 bridgehead atoms. The van der Waals surface area contributed by atoms with Crippen LogP contribution in [0.1, 0.15) is 11.1 Å². The largest absolute Gasteiger partial charge is 0.392 e. The lowest BCUT2D eigenvalue weighted by atomic mass is 10.2. The number of halogens is 2. The number of benzene rings is 2. The van der Waals surface area contributed by atoms with Crippen molar-refractivity contribution in [3.8, 4) is 0 Å². The molecule has 1 aromatic heterocycles. The van der Waals surface area contributed by atoms with Crippen molar-refractivity contribution in [1.82, 2.24) is 4.57 Å². The Morgan fingerprint density at radius 3 is 2.55 bits per heavy atom. The van der Waals surface area contributed by atoms with Crippen LogP contribution in [0.15, 0.2) is 48.7 Å². The Balaban J connectivity index is 2.09. The molecule has 0 amide bonds. The minimum absolute atomic E-state index is 0.0842. The van der Waals surface area contributed by atoms with Crippen molar-refractivity contribution in [1.29, 1.82) is 0 Å². The quantitative estimate of drug-likeness (QED) is 0.776. The van der Waals surface area contributed by atoms with Gasteiger partial charge in [0.1, 0.15) is 0 Å². The predicted molar refractivity (Wildman–Crippen MR) is 73.3 cm³/mol. The zero-order valence-electron chi connectivity index (χ0n) is 10.7. The highest BCUT2D eigenvalue weighted by Crippen LogP contribution is 2.23. The summed E-state index contributed by atoms with van der Waals surface area (Å²) in [6.07, 6.45) is 1.77. The molecule has 0 aliphatic heterocycles. The molecule has 1 N–H and O–H groups in total. The summed E-state index contributed by atoms with van der Waals surface area (Å²) in [7, 11) is 0. The van der Waals surface area contributed by atoms with Crippen molar-refractivity contribution in [2.75, 3.05) is 0 Å². The number of aliphatic hydroxyl groups is 1. The summed E-state index contributed by atoms with van der Waals surface area (Å²) in [6, 6.07) is 11.7. The molecule has 0 saturated carbocycles. The Morgan fingerprint density at radius 2 is 1.75 bits per heavy atom. The first-order valence-electron chi connectivity index (χ1n) is 6.31. The molecule has 0 fully saturated rings. The number of aliphatic hydroxyl groups excluding tert-OH is 1. The van der Waals surface area contributed by atoms with Gasteiger partial charge in [0.25, 0.3) is 0 Å². The minimum Gasteiger partial charge on any atom is -0.392 e. The van der Waals surface area contributed by atoms with E-state index < -0.39 is 11.6 Å². The number of para-hydroxylation sites is 1. The van der Waals surface area contributed by atoms with Gasteiger partial charge < -0.3 is 9.67 Å². The number of aromatic nitrogens is 1. The fourth-order valence-corrected chi connectivity index (χ4v) is 2.43. The summed E-state index contributed by atoms with van der Waals surface area (Å²) in [5.74, 6) is -1.67. The second-order valence-corrected chi connectivity index (χ2v) is 4.67. The van der Waals surface area contributed by atoms with Gasteiger partial charge in [-0.25, -0.2) is 8.78 Å². The summed E-state index contributed by atoms with van der Waals surface area (Å²) in [5, 5.41) is 10.3. The van der Waals surface area contributed by atoms with Crippen molar-refractivity contribution < 1.29 is 13.9 Å². The van der Waals surface area contributed by atoms with E-state index >= 15 is 0 Å². The maximum atomic E-state index is 13.7. The van der Waals surface area contributed by atoms with E-state index in [0.29, 0.717) is 0 Å². The first kappa shape index (κ1) is 12.8. The Hall–Kier alpha value is -2.20. The highest BCUT2D eigenvalue weighted by molar-refractivity contribution is 5.83. The molecule has 1 heterocycles. The molecule has 0 radical (unpaired) electrons. The monoisotopic (exact) mass is 273 g/mol. The SMILES string of the molecule is OCc1cn(Cc2cccc(F)c2F)c2ccccc12. The van der Waals surface area contributed by atoms with Crippen LogP contribution in [0.3, 0.4) is 0 Å². The highest BCUT2D eigenvalue weighted by atomic mass is 19.2. The van der Waals surface area contributed by atoms with Crippen LogP contribution in [-0.2, 0) is 13.2 Å². The van der Waals surface area contributed by atoms with Crippen LogP contribution in [0.5, 0.6) is 0 Å². The van der Waals surface area contributed by atoms with Crippen molar-refractivity contribution in [2.24, 2.45) is 0 Å². The Morgan fingerprint density at radius 1 is 0.950 bits per heavy atom. The van der Waals surface area contributed by atoms with Crippen LogP contribution in [-0.4, -0.2) is 9.67 Å². The standard InChI is InChI=1S/C16H13F2NO/c17-14-6-3-4-11(16(14)18)8-19-9-12(10-20)13-5-1-2-7-15(13)19/h1-7,9,20H,8,10H2. The highest BCUT2D eigenvalue weighted by Gasteiger charge is 2.11. The molecule has 20 heavy (non-hydrogen) atoms. The molecule has 0 aliphatic rings. The molecule has 3 rings (SSSR count). The zero-order valence-corrected chi connectivity index (χ0v) is 10.7. The van der Waals surface area contributed by atoms with E-state index in [9.17, 15) is 13.9 Å². The normalized spacial score (nSPS) is 11.2. The summed E-state index contributed by atoms with van der Waals surface area (Å²) >= 11 is 0. The van der Waals surface area contributed by atoms with Gasteiger partial charge in [0.15, 0.2) is 11.6 Å². The number of rotatable bonds is 3. The third kappa shape index (κ3) is 2.08. The average molecular weight is 273 g/mol. The number of nitrogens with zero attached hydrogens (tertiary/aromatic N) is 1. The molecule has 2 aromatic carbocycles. The molecule has 0 unspecified atom stereocenters. The van der Waals surface area contributed by atoms with Crippen molar-refractivity contribution >= 4 is 10.9 Å².